The Kier molecular flexibility index (Phi) is 3.23. The van der Waals surface area contributed by atoms with E-state index in [0.29, 0.717) is 11.7 Å². The lowest BCUT2D eigenvalue weighted by atomic mass is 9.88. The van der Waals surface area contributed by atoms with E-state index in [4.69, 9.17) is 5.73 Å². The van der Waals surface area contributed by atoms with Crippen molar-refractivity contribution in [2.24, 2.45) is 5.73 Å². The molecule has 1 fully saturated rings. The zero-order valence-electron chi connectivity index (χ0n) is 8.82. The maximum absolute atomic E-state index is 9.23. The van der Waals surface area contributed by atoms with Crippen LogP contribution in [0.15, 0.2) is 24.3 Å². The monoisotopic (exact) mass is 206 g/mol. The van der Waals surface area contributed by atoms with E-state index in [1.54, 1.807) is 12.1 Å². The normalized spacial score (nSPS) is 27.3. The average Bonchev–Trinajstić information content (AvgIpc) is 2.44. The van der Waals surface area contributed by atoms with Crippen LogP contribution in [0.2, 0.25) is 0 Å². The Morgan fingerprint density at radius 3 is 2.53 bits per heavy atom. The second kappa shape index (κ2) is 4.64. The van der Waals surface area contributed by atoms with Gasteiger partial charge in [0.15, 0.2) is 0 Å². The van der Waals surface area contributed by atoms with E-state index in [9.17, 15) is 5.11 Å². The zero-order chi connectivity index (χ0) is 10.7. The molecular weight excluding hydrogens is 188 g/mol. The predicted molar refractivity (Wildman–Crippen MR) is 60.9 cm³/mol. The molecule has 0 amide bonds. The second-order valence-corrected chi connectivity index (χ2v) is 4.19. The number of hydrogen-bond donors (Lipinski definition) is 3. The molecule has 0 aromatic heterocycles. The lowest BCUT2D eigenvalue weighted by Gasteiger charge is -2.21. The number of phenolic OH excluding ortho intramolecular Hbond substituents is 1. The van der Waals surface area contributed by atoms with Crippen molar-refractivity contribution >= 4 is 0 Å². The van der Waals surface area contributed by atoms with E-state index in [1.165, 1.54) is 5.56 Å². The van der Waals surface area contributed by atoms with Crippen molar-refractivity contribution in [3.63, 3.8) is 0 Å². The summed E-state index contributed by atoms with van der Waals surface area (Å²) in [7, 11) is 0. The minimum atomic E-state index is 0.226. The highest BCUT2D eigenvalue weighted by Gasteiger charge is 2.21. The van der Waals surface area contributed by atoms with Gasteiger partial charge in [-0.3, -0.25) is 0 Å². The summed E-state index contributed by atoms with van der Waals surface area (Å²) in [6.07, 6.45) is 2.09. The Balaban J connectivity index is 2.16. The van der Waals surface area contributed by atoms with Crippen LogP contribution in [0.4, 0.5) is 0 Å². The number of hydrogen-bond acceptors (Lipinski definition) is 3. The fourth-order valence-electron chi connectivity index (χ4n) is 2.20. The molecule has 3 heteroatoms. The maximum atomic E-state index is 9.23. The molecule has 1 saturated heterocycles. The lowest BCUT2D eigenvalue weighted by molar-refractivity contribution is 0.473. The molecule has 4 N–H and O–H groups in total. The third-order valence-electron chi connectivity index (χ3n) is 3.12. The van der Waals surface area contributed by atoms with Crippen molar-refractivity contribution in [2.75, 3.05) is 13.1 Å². The molecule has 1 aliphatic heterocycles. The van der Waals surface area contributed by atoms with Gasteiger partial charge in [0.25, 0.3) is 0 Å². The van der Waals surface area contributed by atoms with Gasteiger partial charge in [-0.15, -0.1) is 0 Å². The molecule has 0 saturated carbocycles. The molecule has 2 atom stereocenters. The smallest absolute Gasteiger partial charge is 0.115 e. The standard InChI is InChI=1S/C12H18N2O/c13-12-6-8-14-7-5-11(12)9-1-3-10(15)4-2-9/h1-4,11-12,14-15H,5-8,13H2. The van der Waals surface area contributed by atoms with Crippen LogP contribution in [0.3, 0.4) is 0 Å². The van der Waals surface area contributed by atoms with Gasteiger partial charge in [-0.05, 0) is 43.6 Å². The first-order chi connectivity index (χ1) is 7.27. The molecule has 1 heterocycles. The molecule has 1 aliphatic rings. The van der Waals surface area contributed by atoms with Gasteiger partial charge in [0.1, 0.15) is 5.75 Å². The van der Waals surface area contributed by atoms with E-state index >= 15 is 0 Å². The van der Waals surface area contributed by atoms with Crippen molar-refractivity contribution in [1.29, 1.82) is 0 Å². The van der Waals surface area contributed by atoms with Crippen LogP contribution in [0.5, 0.6) is 5.75 Å². The van der Waals surface area contributed by atoms with Crippen molar-refractivity contribution in [3.8, 4) is 5.75 Å². The highest BCUT2D eigenvalue weighted by Crippen LogP contribution is 2.26. The molecule has 1 aromatic carbocycles. The Hall–Kier alpha value is -1.06. The SMILES string of the molecule is NC1CCNCCC1c1ccc(O)cc1. The highest BCUT2D eigenvalue weighted by atomic mass is 16.3. The van der Waals surface area contributed by atoms with E-state index < -0.39 is 0 Å². The quantitative estimate of drug-likeness (QED) is 0.647. The van der Waals surface area contributed by atoms with Crippen LogP contribution in [0.1, 0.15) is 24.3 Å². The molecule has 3 nitrogen and oxygen atoms in total. The number of nitrogens with one attached hydrogen (secondary N) is 1. The minimum absolute atomic E-state index is 0.226. The first kappa shape index (κ1) is 10.5. The van der Waals surface area contributed by atoms with Crippen molar-refractivity contribution in [2.45, 2.75) is 24.8 Å². The Labute approximate surface area is 90.3 Å². The summed E-state index contributed by atoms with van der Waals surface area (Å²) in [6.45, 7) is 2.04. The minimum Gasteiger partial charge on any atom is -0.508 e. The van der Waals surface area contributed by atoms with Gasteiger partial charge >= 0.3 is 0 Å². The van der Waals surface area contributed by atoms with E-state index in [1.807, 2.05) is 12.1 Å². The van der Waals surface area contributed by atoms with E-state index in [2.05, 4.69) is 5.32 Å². The Morgan fingerprint density at radius 2 is 1.80 bits per heavy atom. The van der Waals surface area contributed by atoms with Crippen molar-refractivity contribution in [1.82, 2.24) is 5.32 Å². The summed E-state index contributed by atoms with van der Waals surface area (Å²) in [6, 6.07) is 7.65. The predicted octanol–water partition coefficient (Wildman–Crippen LogP) is 1.19. The highest BCUT2D eigenvalue weighted by molar-refractivity contribution is 5.29. The van der Waals surface area contributed by atoms with Gasteiger partial charge in [-0.1, -0.05) is 12.1 Å². The van der Waals surface area contributed by atoms with Crippen molar-refractivity contribution in [3.05, 3.63) is 29.8 Å². The summed E-state index contributed by atoms with van der Waals surface area (Å²) >= 11 is 0. The molecule has 0 aliphatic carbocycles. The maximum Gasteiger partial charge on any atom is 0.115 e. The van der Waals surface area contributed by atoms with Gasteiger partial charge in [-0.25, -0.2) is 0 Å². The first-order valence-corrected chi connectivity index (χ1v) is 5.52. The molecule has 15 heavy (non-hydrogen) atoms. The first-order valence-electron chi connectivity index (χ1n) is 5.52. The average molecular weight is 206 g/mol. The van der Waals surface area contributed by atoms with Crippen LogP contribution >= 0.6 is 0 Å². The fourth-order valence-corrected chi connectivity index (χ4v) is 2.20. The van der Waals surface area contributed by atoms with E-state index in [0.717, 1.165) is 25.9 Å². The summed E-state index contributed by atoms with van der Waals surface area (Å²) in [5, 5.41) is 12.6. The number of benzene rings is 1. The van der Waals surface area contributed by atoms with Gasteiger partial charge < -0.3 is 16.2 Å². The Morgan fingerprint density at radius 1 is 1.13 bits per heavy atom. The van der Waals surface area contributed by atoms with Gasteiger partial charge in [-0.2, -0.15) is 0 Å². The number of aromatic hydroxyl groups is 1. The third-order valence-corrected chi connectivity index (χ3v) is 3.12. The molecule has 2 rings (SSSR count). The zero-order valence-corrected chi connectivity index (χ0v) is 8.82. The molecular formula is C12H18N2O. The van der Waals surface area contributed by atoms with Crippen LogP contribution < -0.4 is 11.1 Å². The Bertz CT molecular complexity index is 310. The lowest BCUT2D eigenvalue weighted by Crippen LogP contribution is -2.28. The molecule has 82 valence electrons. The molecule has 0 bridgehead atoms. The molecule has 0 spiro atoms. The summed E-state index contributed by atoms with van der Waals surface area (Å²) in [4.78, 5) is 0. The number of nitrogens with two attached hydrogens (primary N) is 1. The van der Waals surface area contributed by atoms with Crippen LogP contribution in [0, 0.1) is 0 Å². The summed E-state index contributed by atoms with van der Waals surface area (Å²) in [5.74, 6) is 0.736. The van der Waals surface area contributed by atoms with Gasteiger partial charge in [0.2, 0.25) is 0 Å². The second-order valence-electron chi connectivity index (χ2n) is 4.19. The van der Waals surface area contributed by atoms with Crippen molar-refractivity contribution < 1.29 is 5.11 Å². The molecule has 2 unspecified atom stereocenters. The molecule has 0 radical (unpaired) electrons. The van der Waals surface area contributed by atoms with Crippen LogP contribution in [-0.2, 0) is 0 Å². The topological polar surface area (TPSA) is 58.3 Å². The fraction of sp³-hybridized carbons (Fsp3) is 0.500. The largest absolute Gasteiger partial charge is 0.508 e. The number of rotatable bonds is 1. The third kappa shape index (κ3) is 2.49. The summed E-state index contributed by atoms with van der Waals surface area (Å²) < 4.78 is 0. The number of phenols is 1. The van der Waals surface area contributed by atoms with Crippen LogP contribution in [-0.4, -0.2) is 24.2 Å². The van der Waals surface area contributed by atoms with Crippen LogP contribution in [0.25, 0.3) is 0 Å². The molecule has 1 aromatic rings. The summed E-state index contributed by atoms with van der Waals surface area (Å²) in [5.41, 5.74) is 7.39. The van der Waals surface area contributed by atoms with E-state index in [-0.39, 0.29) is 6.04 Å². The van der Waals surface area contributed by atoms with Gasteiger partial charge in [0.05, 0.1) is 0 Å². The van der Waals surface area contributed by atoms with Gasteiger partial charge in [0, 0.05) is 12.0 Å².